The number of nitrogen functional groups attached to an aromatic ring is 2. The van der Waals surface area contributed by atoms with E-state index in [9.17, 15) is 47.6 Å². The van der Waals surface area contributed by atoms with Crippen molar-refractivity contribution in [3.8, 4) is 12.0 Å². The van der Waals surface area contributed by atoms with E-state index < -0.39 is 73.3 Å². The summed E-state index contributed by atoms with van der Waals surface area (Å²) < 4.78 is 116. The number of Topliss-reactive ketones (excluding diaryl/α,β-unsaturated/α-hetero) is 1. The monoisotopic (exact) mass is 2090 g/mol. The Morgan fingerprint density at radius 1 is 0.615 bits per heavy atom. The first kappa shape index (κ1) is 138. The summed E-state index contributed by atoms with van der Waals surface area (Å²) in [5, 5.41) is 21.1. The minimum atomic E-state index is -4.78. The molecule has 6 heterocycles. The third-order valence-corrected chi connectivity index (χ3v) is 22.3. The molecule has 143 heavy (non-hydrogen) atoms. The average Bonchev–Trinajstić information content (AvgIpc) is 0.867. The van der Waals surface area contributed by atoms with Gasteiger partial charge in [-0.05, 0) is 161 Å². The van der Waals surface area contributed by atoms with E-state index in [1.807, 2.05) is 13.8 Å². The molecule has 794 valence electrons. The number of hydrogen-bond acceptors (Lipinski definition) is 37. The zero-order valence-corrected chi connectivity index (χ0v) is 90.5. The topological polar surface area (TPSA) is 620 Å². The summed E-state index contributed by atoms with van der Waals surface area (Å²) in [6, 6.07) is 27.5. The molecule has 0 bridgehead atoms. The quantitative estimate of drug-likeness (QED) is 0.00200. The number of amides is 1. The Balaban J connectivity index is -0.000000786. The summed E-state index contributed by atoms with van der Waals surface area (Å²) in [6.07, 6.45) is 8.84. The fourth-order valence-electron chi connectivity index (χ4n) is 12.9. The molecular weight excluding hydrogens is 1940 g/mol. The normalized spacial score (nSPS) is 13.9. The number of carboxylic acids is 2. The Bertz CT molecular complexity index is 5020. The smallest absolute Gasteiger partial charge is 0.870 e. The minimum Gasteiger partial charge on any atom is -0.870 e. The van der Waals surface area contributed by atoms with Crippen LogP contribution in [0.3, 0.4) is 0 Å². The van der Waals surface area contributed by atoms with Crippen LogP contribution in [0, 0.1) is 32.9 Å². The Kier molecular flexibility index (Phi) is 71.2. The number of hydrogen-bond donors (Lipinski definition) is 8. The van der Waals surface area contributed by atoms with Crippen LogP contribution in [0.2, 0.25) is 0 Å². The standard InChI is InChI=1S/2C24H29N5O.C10H16N2O2.C7H13N.C6H12O4.2C5H8O3.C4H10O3.2C4H6O3.Na.H2O5P2.H2O4S.H2O/c2*1-16-6-3-7-17-8-4-10-21(22(16)17)29-13-11-19-20(14-29)26-24(27-23(19)25)30-15-18-9-5-12-28(18)2;1-6-12(8(2)7-11-4)10(13)9(3)14-5;1-4-5-7(2)6-8-3;1-6(9-3,10-4)5(7)8-2;1-4(7-2)5(6)8-3;1-3-8-5(7)4(2)6;1-5-4(6-2)7-3;2*1-3(7-2)4(5)6;;1-6(2)7(3,4)5;1-5(2,3)4;/h2*3-4,6-8,10,18H,5,9,11-15H2,1-2H3,(H2,25,26,27);8H,3,6-7H2,1-2,5H3;7H,4-6H2,1-2H3;1-4H3;1H2,2-3H3;3H2,1-2H3;4H,1-3H3;2*1H2,2H3,(H,5,6);;(H2,3,4,5);(H2,1,2,3,4);1H2/q;;;;;;;;;;+1;;;/p-1/t2*18-;8-;7-;;;;;;;;;;/m0010........../s1. The number of nitrogens with zero attached hydrogens (tertiary/aromatic N) is 11. The summed E-state index contributed by atoms with van der Waals surface area (Å²) in [4.78, 5) is 133. The number of fused-ring (bicyclic) bond motifs is 4. The van der Waals surface area contributed by atoms with Crippen LogP contribution in [0.4, 0.5) is 23.0 Å². The molecule has 0 radical (unpaired) electrons. The van der Waals surface area contributed by atoms with Gasteiger partial charge < -0.3 is 133 Å². The summed E-state index contributed by atoms with van der Waals surface area (Å²) >= 11 is 0. The number of benzene rings is 4. The minimum absolute atomic E-state index is 0. The number of likely N-dealkylation sites (N-methyl/N-ethyl adjacent to an activating group) is 3. The van der Waals surface area contributed by atoms with Crippen molar-refractivity contribution in [2.75, 3.05) is 179 Å². The number of carboxylic acid groups (broad SMARTS) is 2. The molecule has 11 N–H and O–H groups in total. The molecule has 1 unspecified atom stereocenters. The van der Waals surface area contributed by atoms with Crippen molar-refractivity contribution in [1.29, 1.82) is 0 Å². The first-order chi connectivity index (χ1) is 66.2. The van der Waals surface area contributed by atoms with E-state index in [0.717, 1.165) is 87.5 Å². The number of ketones is 1. The largest absolute Gasteiger partial charge is 1.00 e. The number of nitrogens with two attached hydrogens (primary N) is 2. The maximum atomic E-state index is 11.6. The van der Waals surface area contributed by atoms with E-state index in [4.69, 9.17) is 95.8 Å². The second-order valence-electron chi connectivity index (χ2n) is 30.5. The fraction of sp³-hybridized carbons (Fsp3) is 0.516. The fourth-order valence-corrected chi connectivity index (χ4v) is 12.9. The van der Waals surface area contributed by atoms with E-state index >= 15 is 0 Å². The number of ether oxygens (including phenoxy) is 14. The summed E-state index contributed by atoms with van der Waals surface area (Å²) in [6.45, 7) is 50.8. The van der Waals surface area contributed by atoms with E-state index in [2.05, 4.69) is 223 Å². The van der Waals surface area contributed by atoms with Crippen LogP contribution < -0.4 is 65.2 Å². The molecule has 4 aliphatic heterocycles. The van der Waals surface area contributed by atoms with Crippen LogP contribution in [0.1, 0.15) is 121 Å². The SMILES string of the molecule is C=C(OC)C(=O)O.C=C(OC)C(=O)O.C=C(OC)C(=O)OC.CCOC(=O)C(C)=O.COC(=O)C(C)(OC)OC.COC(OC)OC.Cc1cccc2cccc(N3CCc4c(N)nc(OC[C@@H]5CCCN5C)nc4C3)c12.Cc1cccc2cccc(N3CCc4c(N)nc(OC[C@@H]5CCCN5C)nc4C3)c12.O=S(=O)(O)O.O=[P+]([O-])P(=O)(O)O.[C-]#[N+]C[C@@H](C)CCC.[C-]#[N+]C[C@@H](C)N(CC)C(=O)C(=C)OC.[Na+].[OH-]. The molecule has 5 atom stereocenters. The third-order valence-electron chi connectivity index (χ3n) is 20.6. The maximum Gasteiger partial charge on any atom is 1.00 e. The Hall–Kier alpha value is -11.2. The predicted molar refractivity (Wildman–Crippen MR) is 530 cm³/mol. The predicted octanol–water partition coefficient (Wildman–Crippen LogP) is 7.41. The molecule has 2 fully saturated rings. The van der Waals surface area contributed by atoms with E-state index in [1.165, 1.54) is 162 Å². The van der Waals surface area contributed by atoms with Crippen LogP contribution in [-0.2, 0) is 136 Å². The molecule has 10 rings (SSSR count). The number of carbonyl (C=O) groups excluding carboxylic acids is 5. The molecule has 2 aromatic heterocycles. The van der Waals surface area contributed by atoms with E-state index in [-0.39, 0.29) is 76.6 Å². The summed E-state index contributed by atoms with van der Waals surface area (Å²) in [7, 11) is 6.39. The van der Waals surface area contributed by atoms with Crippen molar-refractivity contribution in [3.05, 3.63) is 179 Å². The van der Waals surface area contributed by atoms with E-state index in [0.29, 0.717) is 74.5 Å². The molecule has 4 aliphatic rings. The van der Waals surface area contributed by atoms with Crippen molar-refractivity contribution in [1.82, 2.24) is 34.6 Å². The van der Waals surface area contributed by atoms with Gasteiger partial charge in [0.2, 0.25) is 18.9 Å². The van der Waals surface area contributed by atoms with Gasteiger partial charge in [0.15, 0.2) is 23.0 Å². The molecule has 1 amide bonds. The van der Waals surface area contributed by atoms with Gasteiger partial charge in [-0.1, -0.05) is 92.1 Å². The number of esters is 3. The molecule has 0 saturated carbocycles. The van der Waals surface area contributed by atoms with Crippen LogP contribution >= 0.6 is 15.0 Å². The zero-order valence-electron chi connectivity index (χ0n) is 85.9. The van der Waals surface area contributed by atoms with Crippen molar-refractivity contribution < 1.29 is 186 Å². The summed E-state index contributed by atoms with van der Waals surface area (Å²) in [5.74, 6) is -4.75. The third kappa shape index (κ3) is 52.7. The first-order valence-corrected chi connectivity index (χ1v) is 48.4. The van der Waals surface area contributed by atoms with Crippen LogP contribution in [0.15, 0.2) is 122 Å². The van der Waals surface area contributed by atoms with Crippen LogP contribution in [0.5, 0.6) is 12.0 Å². The number of rotatable bonds is 31. The van der Waals surface area contributed by atoms with Crippen LogP contribution in [-0.4, -0.2) is 307 Å². The van der Waals surface area contributed by atoms with Gasteiger partial charge in [-0.3, -0.25) is 28.5 Å². The van der Waals surface area contributed by atoms with Crippen molar-refractivity contribution in [2.24, 2.45) is 5.92 Å². The van der Waals surface area contributed by atoms with Crippen molar-refractivity contribution in [3.63, 3.8) is 0 Å². The van der Waals surface area contributed by atoms with Gasteiger partial charge in [-0.25, -0.2) is 41.7 Å². The van der Waals surface area contributed by atoms with Gasteiger partial charge in [-0.2, -0.15) is 28.4 Å². The molecule has 0 spiro atoms. The number of anilines is 4. The molecular formula is C93H142N13NaO33P2S. The average molecular weight is 2090 g/mol. The second kappa shape index (κ2) is 73.8. The van der Waals surface area contributed by atoms with Gasteiger partial charge in [0, 0.05) is 120 Å². The number of aromatic nitrogens is 4. The summed E-state index contributed by atoms with van der Waals surface area (Å²) in [5.41, 5.74) is 21.8. The van der Waals surface area contributed by atoms with Crippen molar-refractivity contribution in [2.45, 2.75) is 157 Å². The molecule has 50 heteroatoms. The second-order valence-corrected chi connectivity index (χ2v) is 35.4. The molecule has 4 aromatic carbocycles. The van der Waals surface area contributed by atoms with Crippen LogP contribution in [0.25, 0.3) is 31.2 Å². The zero-order chi connectivity index (χ0) is 108. The van der Waals surface area contributed by atoms with Gasteiger partial charge in [-0.15, -0.1) is 0 Å². The molecule has 2 saturated heterocycles. The van der Waals surface area contributed by atoms with Crippen molar-refractivity contribution >= 4 is 111 Å². The molecule has 0 aliphatic carbocycles. The number of carbonyl (C=O) groups is 7. The van der Waals surface area contributed by atoms with Gasteiger partial charge >= 0.3 is 96.8 Å². The number of likely N-dealkylation sites (tertiary alicyclic amines) is 2. The Labute approximate surface area is 860 Å². The van der Waals surface area contributed by atoms with Gasteiger partial charge in [0.05, 0.1) is 73.7 Å². The molecule has 6 aromatic rings. The first-order valence-electron chi connectivity index (χ1n) is 43.5. The number of methoxy groups -OCH3 is 11. The number of aliphatic carboxylic acids is 2. The molecule has 46 nitrogen and oxygen atoms in total. The van der Waals surface area contributed by atoms with Gasteiger partial charge in [0.1, 0.15) is 30.9 Å². The maximum absolute atomic E-state index is 11.6. The Morgan fingerprint density at radius 3 is 1.23 bits per heavy atom. The Morgan fingerprint density at radius 2 is 0.986 bits per heavy atom. The van der Waals surface area contributed by atoms with Gasteiger partial charge in [0.25, 0.3) is 18.2 Å². The van der Waals surface area contributed by atoms with E-state index in [1.54, 1.807) is 11.8 Å². The number of aryl methyl sites for hydroxylation is 2.